The van der Waals surface area contributed by atoms with Crippen molar-refractivity contribution in [2.75, 3.05) is 0 Å². The van der Waals surface area contributed by atoms with Crippen molar-refractivity contribution in [1.29, 1.82) is 0 Å². The van der Waals surface area contributed by atoms with Crippen molar-refractivity contribution in [3.05, 3.63) is 34.6 Å². The van der Waals surface area contributed by atoms with E-state index in [1.807, 2.05) is 0 Å². The maximum atomic E-state index is 14.1. The van der Waals surface area contributed by atoms with E-state index in [2.05, 4.69) is 0 Å². The van der Waals surface area contributed by atoms with E-state index in [1.165, 1.54) is 0 Å². The fourth-order valence-corrected chi connectivity index (χ4v) is 7.75. The van der Waals surface area contributed by atoms with E-state index in [9.17, 15) is 73.9 Å². The Balaban J connectivity index is 2.99. The van der Waals surface area contributed by atoms with Gasteiger partial charge in [0.05, 0.1) is 5.56 Å². The summed E-state index contributed by atoms with van der Waals surface area (Å²) in [5, 5.41) is -4.20. The Labute approximate surface area is 175 Å². The highest BCUT2D eigenvalue weighted by Crippen LogP contribution is 2.47. The van der Waals surface area contributed by atoms with Crippen LogP contribution in [0.4, 0.5) is 57.1 Å². The molecule has 0 aromatic heterocycles. The monoisotopic (exact) mass is 550 g/mol. The van der Waals surface area contributed by atoms with E-state index >= 15 is 0 Å². The van der Waals surface area contributed by atoms with Gasteiger partial charge in [-0.2, -0.15) is 13.2 Å². The van der Waals surface area contributed by atoms with Crippen molar-refractivity contribution in [3.8, 4) is 0 Å². The third kappa shape index (κ3) is 4.03. The Hall–Kier alpha value is -1.79. The smallest absolute Gasteiger partial charge is 0.243 e. The van der Waals surface area contributed by atoms with Gasteiger partial charge >= 0.3 is 5.51 Å². The summed E-state index contributed by atoms with van der Waals surface area (Å²) in [5.74, 6) is -16.3. The van der Waals surface area contributed by atoms with Crippen LogP contribution in [0, 0.1) is 29.1 Å². The summed E-state index contributed by atoms with van der Waals surface area (Å²) in [4.78, 5) is 0. The Morgan fingerprint density at radius 1 is 0.576 bits per heavy atom. The van der Waals surface area contributed by atoms with Crippen molar-refractivity contribution >= 4 is 19.7 Å². The first-order valence-electron chi connectivity index (χ1n) is 7.97. The standard InChI is InChI=1S/C14H7F13O4S2/c15-2-1(3(16)5(18)6(19)4(2)17)13(33(30,31)14(25,26)27)32(28,29)12-10(23)8(21)7(20)9(22)11(12)24/h7-13H. The van der Waals surface area contributed by atoms with Crippen LogP contribution >= 0.6 is 0 Å². The van der Waals surface area contributed by atoms with Crippen LogP contribution < -0.4 is 0 Å². The van der Waals surface area contributed by atoms with E-state index in [-0.39, 0.29) is 0 Å². The minimum Gasteiger partial charge on any atom is -0.243 e. The van der Waals surface area contributed by atoms with Crippen LogP contribution in [0.3, 0.4) is 0 Å². The molecule has 0 heterocycles. The molecule has 1 fully saturated rings. The van der Waals surface area contributed by atoms with E-state index < -0.39 is 101 Å². The predicted molar refractivity (Wildman–Crippen MR) is 81.1 cm³/mol. The van der Waals surface area contributed by atoms with Crippen molar-refractivity contribution in [3.63, 3.8) is 0 Å². The second-order valence-electron chi connectivity index (χ2n) is 6.58. The highest BCUT2D eigenvalue weighted by molar-refractivity contribution is 8.09. The van der Waals surface area contributed by atoms with Gasteiger partial charge in [-0.3, -0.25) is 0 Å². The van der Waals surface area contributed by atoms with Gasteiger partial charge in [-0.15, -0.1) is 0 Å². The van der Waals surface area contributed by atoms with Crippen LogP contribution in [0.15, 0.2) is 0 Å². The van der Waals surface area contributed by atoms with Crippen LogP contribution in [-0.2, 0) is 19.7 Å². The molecule has 0 amide bonds. The molecular weight excluding hydrogens is 543 g/mol. The fourth-order valence-electron chi connectivity index (χ4n) is 3.02. The van der Waals surface area contributed by atoms with Gasteiger partial charge in [-0.25, -0.2) is 60.7 Å². The Morgan fingerprint density at radius 2 is 0.879 bits per heavy atom. The van der Waals surface area contributed by atoms with Gasteiger partial charge in [0.2, 0.25) is 10.4 Å². The zero-order valence-electron chi connectivity index (χ0n) is 14.9. The molecule has 0 N–H and O–H groups in total. The minimum atomic E-state index is -7.68. The first-order chi connectivity index (χ1) is 14.7. The molecule has 1 aliphatic carbocycles. The molecule has 0 bridgehead atoms. The second-order valence-corrected chi connectivity index (χ2v) is 11.1. The third-order valence-electron chi connectivity index (χ3n) is 4.61. The van der Waals surface area contributed by atoms with Crippen molar-refractivity contribution in [2.24, 2.45) is 0 Å². The Bertz CT molecular complexity index is 1110. The van der Waals surface area contributed by atoms with Crippen molar-refractivity contribution in [1.82, 2.24) is 0 Å². The number of alkyl halides is 8. The quantitative estimate of drug-likeness (QED) is 0.325. The highest BCUT2D eigenvalue weighted by atomic mass is 32.3. The molecule has 19 heteroatoms. The molecule has 2 rings (SSSR count). The van der Waals surface area contributed by atoms with E-state index in [1.54, 1.807) is 0 Å². The SMILES string of the molecule is O=S(=O)(C1C(F)C(F)C(F)C(F)C1F)C(c1c(F)c(F)c(F)c(F)c1F)S(=O)(=O)C(F)(F)F. The van der Waals surface area contributed by atoms with Gasteiger partial charge in [-0.05, 0) is 0 Å². The summed E-state index contributed by atoms with van der Waals surface area (Å²) in [5.41, 5.74) is -10.1. The van der Waals surface area contributed by atoms with Gasteiger partial charge in [0.1, 0.15) is 5.25 Å². The summed E-state index contributed by atoms with van der Waals surface area (Å²) in [7, 11) is -14.8. The van der Waals surface area contributed by atoms with Crippen LogP contribution in [0.1, 0.15) is 10.1 Å². The number of rotatable bonds is 4. The van der Waals surface area contributed by atoms with Gasteiger partial charge in [-0.1, -0.05) is 0 Å². The fraction of sp³-hybridized carbons (Fsp3) is 0.571. The molecule has 0 aliphatic heterocycles. The van der Waals surface area contributed by atoms with Crippen molar-refractivity contribution < 1.29 is 73.9 Å². The lowest BCUT2D eigenvalue weighted by atomic mass is 9.91. The lowest BCUT2D eigenvalue weighted by Gasteiger charge is -2.37. The molecule has 1 saturated carbocycles. The first kappa shape index (κ1) is 27.5. The van der Waals surface area contributed by atoms with E-state index in [0.29, 0.717) is 0 Å². The molecule has 33 heavy (non-hydrogen) atoms. The molecule has 4 nitrogen and oxygen atoms in total. The predicted octanol–water partition coefficient (Wildman–Crippen LogP) is 3.80. The first-order valence-corrected chi connectivity index (χ1v) is 11.1. The van der Waals surface area contributed by atoms with Gasteiger partial charge < -0.3 is 0 Å². The molecule has 0 saturated heterocycles. The molecule has 0 radical (unpaired) electrons. The molecule has 5 unspecified atom stereocenters. The van der Waals surface area contributed by atoms with Crippen LogP contribution in [0.5, 0.6) is 0 Å². The van der Waals surface area contributed by atoms with Gasteiger partial charge in [0, 0.05) is 0 Å². The van der Waals surface area contributed by atoms with Crippen molar-refractivity contribution in [2.45, 2.75) is 46.2 Å². The van der Waals surface area contributed by atoms with E-state index in [4.69, 9.17) is 0 Å². The van der Waals surface area contributed by atoms with Crippen LogP contribution in [0.2, 0.25) is 0 Å². The minimum absolute atomic E-state index is 3.09. The number of hydrogen-bond donors (Lipinski definition) is 0. The summed E-state index contributed by atoms with van der Waals surface area (Å²) >= 11 is 0. The molecule has 0 spiro atoms. The number of hydrogen-bond acceptors (Lipinski definition) is 4. The van der Waals surface area contributed by atoms with Crippen LogP contribution in [0.25, 0.3) is 0 Å². The summed E-state index contributed by atoms with van der Waals surface area (Å²) in [6.45, 7) is 0. The average Bonchev–Trinajstić information content (AvgIpc) is 2.69. The lowest BCUT2D eigenvalue weighted by molar-refractivity contribution is -0.0484. The van der Waals surface area contributed by atoms with Gasteiger partial charge in [0.15, 0.2) is 64.0 Å². The lowest BCUT2D eigenvalue weighted by Crippen LogP contribution is -2.60. The summed E-state index contributed by atoms with van der Waals surface area (Å²) in [6, 6.07) is 0. The maximum Gasteiger partial charge on any atom is 0.499 e. The second kappa shape index (κ2) is 8.46. The molecule has 1 aromatic rings. The normalized spacial score (nSPS) is 30.3. The molecule has 1 aromatic carbocycles. The molecular formula is C14H7F13O4S2. The maximum absolute atomic E-state index is 14.1. The molecule has 1 aliphatic rings. The Morgan fingerprint density at radius 3 is 1.21 bits per heavy atom. The Kier molecular flexibility index (Phi) is 7.04. The zero-order valence-corrected chi connectivity index (χ0v) is 16.5. The number of benzene rings is 1. The average molecular weight is 550 g/mol. The summed E-state index contributed by atoms with van der Waals surface area (Å²) < 4.78 is 220. The third-order valence-corrected chi connectivity index (χ3v) is 9.73. The number of sulfone groups is 2. The van der Waals surface area contributed by atoms with Gasteiger partial charge in [0.25, 0.3) is 9.84 Å². The number of halogens is 13. The largest absolute Gasteiger partial charge is 0.499 e. The van der Waals surface area contributed by atoms with E-state index in [0.717, 1.165) is 0 Å². The highest BCUT2D eigenvalue weighted by Gasteiger charge is 2.66. The zero-order chi connectivity index (χ0) is 26.0. The molecule has 190 valence electrons. The van der Waals surface area contributed by atoms with Crippen LogP contribution in [-0.4, -0.2) is 58.5 Å². The summed E-state index contributed by atoms with van der Waals surface area (Å²) in [6.07, 6.45) is -19.9. The topological polar surface area (TPSA) is 68.3 Å². The molecule has 5 atom stereocenters.